The number of aromatic amines is 1. The van der Waals surface area contributed by atoms with E-state index >= 15 is 0 Å². The number of esters is 1. The first-order valence-electron chi connectivity index (χ1n) is 9.66. The van der Waals surface area contributed by atoms with Crippen LogP contribution in [0.4, 0.5) is 5.69 Å². The number of amides is 1. The van der Waals surface area contributed by atoms with Gasteiger partial charge in [-0.05, 0) is 30.2 Å². The number of carbonyl (C=O) groups is 2. The number of methoxy groups -OCH3 is 2. The van der Waals surface area contributed by atoms with Crippen LogP contribution in [0.1, 0.15) is 39.8 Å². The molecule has 0 radical (unpaired) electrons. The van der Waals surface area contributed by atoms with E-state index in [1.54, 1.807) is 12.1 Å². The lowest BCUT2D eigenvalue weighted by molar-refractivity contribution is -0.118. The van der Waals surface area contributed by atoms with E-state index in [1.807, 2.05) is 24.3 Å². The Bertz CT molecular complexity index is 1080. The molecule has 31 heavy (non-hydrogen) atoms. The molecule has 0 bridgehead atoms. The molecule has 2 heterocycles. The number of cyclic esters (lactones) is 1. The standard InChI is InChI=1S/C21H21N5O5/c1-29-15-9-8-14-16(31-21(28)19(14)20(15)30-2)11-18(27)22-13-6-3-12(4-7-13)5-10-17-23-25-26-24-17/h3-4,6-9,16H,5,10-11H2,1-2H3,(H,22,27)(H,23,24,25,26)/t16-/m0/s1. The van der Waals surface area contributed by atoms with Crippen molar-refractivity contribution >= 4 is 17.6 Å². The Morgan fingerprint density at radius 1 is 1.13 bits per heavy atom. The lowest BCUT2D eigenvalue weighted by Gasteiger charge is -2.13. The molecule has 1 aromatic heterocycles. The van der Waals surface area contributed by atoms with Gasteiger partial charge >= 0.3 is 5.97 Å². The van der Waals surface area contributed by atoms with Crippen LogP contribution in [0.2, 0.25) is 0 Å². The zero-order chi connectivity index (χ0) is 21.8. The Morgan fingerprint density at radius 2 is 1.94 bits per heavy atom. The molecule has 0 unspecified atom stereocenters. The fraction of sp³-hybridized carbons (Fsp3) is 0.286. The van der Waals surface area contributed by atoms with Crippen molar-refractivity contribution in [2.75, 3.05) is 19.5 Å². The Labute approximate surface area is 177 Å². The van der Waals surface area contributed by atoms with Gasteiger partial charge in [-0.1, -0.05) is 23.4 Å². The summed E-state index contributed by atoms with van der Waals surface area (Å²) in [5.41, 5.74) is 2.65. The molecule has 0 saturated carbocycles. The third-order valence-corrected chi connectivity index (χ3v) is 5.01. The maximum absolute atomic E-state index is 12.5. The molecule has 1 atom stereocenters. The zero-order valence-corrected chi connectivity index (χ0v) is 17.0. The van der Waals surface area contributed by atoms with Gasteiger partial charge in [0.1, 0.15) is 11.7 Å². The quantitative estimate of drug-likeness (QED) is 0.528. The van der Waals surface area contributed by atoms with Crippen LogP contribution in [-0.4, -0.2) is 46.7 Å². The minimum absolute atomic E-state index is 0.00615. The second kappa shape index (κ2) is 8.82. The highest BCUT2D eigenvalue weighted by atomic mass is 16.6. The molecule has 0 aliphatic carbocycles. The van der Waals surface area contributed by atoms with E-state index in [0.717, 1.165) is 12.0 Å². The highest BCUT2D eigenvalue weighted by Gasteiger charge is 2.36. The van der Waals surface area contributed by atoms with Crippen LogP contribution in [0.25, 0.3) is 0 Å². The average molecular weight is 423 g/mol. The number of benzene rings is 2. The summed E-state index contributed by atoms with van der Waals surface area (Å²) < 4.78 is 16.0. The van der Waals surface area contributed by atoms with Gasteiger partial charge < -0.3 is 19.5 Å². The van der Waals surface area contributed by atoms with E-state index in [4.69, 9.17) is 14.2 Å². The predicted molar refractivity (Wildman–Crippen MR) is 109 cm³/mol. The van der Waals surface area contributed by atoms with Gasteiger partial charge in [-0.2, -0.15) is 5.21 Å². The Hall–Kier alpha value is -3.95. The van der Waals surface area contributed by atoms with Crippen LogP contribution in [0.15, 0.2) is 36.4 Å². The molecule has 3 aromatic rings. The molecule has 2 N–H and O–H groups in total. The summed E-state index contributed by atoms with van der Waals surface area (Å²) in [7, 11) is 2.95. The normalized spacial score (nSPS) is 14.6. The summed E-state index contributed by atoms with van der Waals surface area (Å²) >= 11 is 0. The number of nitrogens with one attached hydrogen (secondary N) is 2. The number of rotatable bonds is 8. The SMILES string of the molecule is COc1ccc2c(c1OC)C(=O)O[C@H]2CC(=O)Nc1ccc(CCc2nn[nH]n2)cc1. The summed E-state index contributed by atoms with van der Waals surface area (Å²) in [6.07, 6.45) is 0.737. The van der Waals surface area contributed by atoms with Crippen molar-refractivity contribution in [2.45, 2.75) is 25.4 Å². The van der Waals surface area contributed by atoms with E-state index in [2.05, 4.69) is 25.9 Å². The van der Waals surface area contributed by atoms with Crippen LogP contribution in [0.5, 0.6) is 11.5 Å². The molecule has 0 fully saturated rings. The number of fused-ring (bicyclic) bond motifs is 1. The van der Waals surface area contributed by atoms with Crippen molar-refractivity contribution in [3.05, 3.63) is 58.9 Å². The van der Waals surface area contributed by atoms with E-state index < -0.39 is 12.1 Å². The number of anilines is 1. The third-order valence-electron chi connectivity index (χ3n) is 5.01. The minimum Gasteiger partial charge on any atom is -0.493 e. The minimum atomic E-state index is -0.684. The number of hydrogen-bond acceptors (Lipinski definition) is 8. The molecule has 0 saturated heterocycles. The number of aromatic nitrogens is 4. The van der Waals surface area contributed by atoms with Gasteiger partial charge in [-0.15, -0.1) is 10.2 Å². The molecular formula is C21H21N5O5. The molecule has 4 rings (SSSR count). The highest BCUT2D eigenvalue weighted by Crippen LogP contribution is 2.43. The molecule has 1 amide bonds. The van der Waals surface area contributed by atoms with Crippen LogP contribution in [0.3, 0.4) is 0 Å². The first-order chi connectivity index (χ1) is 15.1. The molecule has 1 aliphatic heterocycles. The van der Waals surface area contributed by atoms with E-state index in [1.165, 1.54) is 14.2 Å². The van der Waals surface area contributed by atoms with Crippen molar-refractivity contribution < 1.29 is 23.8 Å². The number of hydrogen-bond donors (Lipinski definition) is 2. The third kappa shape index (κ3) is 4.32. The zero-order valence-electron chi connectivity index (χ0n) is 17.0. The van der Waals surface area contributed by atoms with E-state index in [-0.39, 0.29) is 12.3 Å². The maximum Gasteiger partial charge on any atom is 0.343 e. The maximum atomic E-state index is 12.5. The summed E-state index contributed by atoms with van der Waals surface area (Å²) in [6.45, 7) is 0. The fourth-order valence-corrected chi connectivity index (χ4v) is 3.50. The number of nitrogens with zero attached hydrogens (tertiary/aromatic N) is 3. The summed E-state index contributed by atoms with van der Waals surface area (Å²) in [6, 6.07) is 10.9. The van der Waals surface area contributed by atoms with Gasteiger partial charge in [0, 0.05) is 17.7 Å². The first-order valence-corrected chi connectivity index (χ1v) is 9.66. The monoisotopic (exact) mass is 423 g/mol. The van der Waals surface area contributed by atoms with Gasteiger partial charge in [-0.25, -0.2) is 4.79 Å². The van der Waals surface area contributed by atoms with Gasteiger partial charge in [0.25, 0.3) is 0 Å². The molecule has 1 aliphatic rings. The lowest BCUT2D eigenvalue weighted by atomic mass is 10.0. The summed E-state index contributed by atoms with van der Waals surface area (Å²) in [5.74, 6) is 0.597. The Balaban J connectivity index is 1.38. The summed E-state index contributed by atoms with van der Waals surface area (Å²) in [5, 5.41) is 16.6. The average Bonchev–Trinajstić information content (AvgIpc) is 3.40. The van der Waals surface area contributed by atoms with Gasteiger partial charge in [0.2, 0.25) is 5.91 Å². The molecule has 10 heteroatoms. The van der Waals surface area contributed by atoms with Gasteiger partial charge in [0.15, 0.2) is 17.3 Å². The van der Waals surface area contributed by atoms with E-state index in [0.29, 0.717) is 40.6 Å². The van der Waals surface area contributed by atoms with Crippen molar-refractivity contribution in [3.63, 3.8) is 0 Å². The highest BCUT2D eigenvalue weighted by molar-refractivity contribution is 5.99. The first kappa shape index (κ1) is 20.3. The number of aryl methyl sites for hydroxylation is 2. The van der Waals surface area contributed by atoms with Crippen molar-refractivity contribution in [3.8, 4) is 11.5 Å². The van der Waals surface area contributed by atoms with Crippen molar-refractivity contribution in [1.29, 1.82) is 0 Å². The van der Waals surface area contributed by atoms with Crippen LogP contribution in [-0.2, 0) is 22.4 Å². The second-order valence-corrected chi connectivity index (χ2v) is 6.94. The molecule has 2 aromatic carbocycles. The molecule has 0 spiro atoms. The van der Waals surface area contributed by atoms with Gasteiger partial charge in [-0.3, -0.25) is 4.79 Å². The van der Waals surface area contributed by atoms with Crippen molar-refractivity contribution in [2.24, 2.45) is 0 Å². The number of H-pyrrole nitrogens is 1. The molecular weight excluding hydrogens is 402 g/mol. The molecule has 10 nitrogen and oxygen atoms in total. The van der Waals surface area contributed by atoms with Gasteiger partial charge in [0.05, 0.1) is 20.6 Å². The topological polar surface area (TPSA) is 128 Å². The van der Waals surface area contributed by atoms with Crippen LogP contribution >= 0.6 is 0 Å². The Kier molecular flexibility index (Phi) is 5.78. The smallest absolute Gasteiger partial charge is 0.343 e. The number of tetrazole rings is 1. The largest absolute Gasteiger partial charge is 0.493 e. The Morgan fingerprint density at radius 3 is 2.61 bits per heavy atom. The molecule has 160 valence electrons. The van der Waals surface area contributed by atoms with Crippen LogP contribution < -0.4 is 14.8 Å². The van der Waals surface area contributed by atoms with E-state index in [9.17, 15) is 9.59 Å². The van der Waals surface area contributed by atoms with Crippen molar-refractivity contribution in [1.82, 2.24) is 20.6 Å². The lowest BCUT2D eigenvalue weighted by Crippen LogP contribution is -2.15. The van der Waals surface area contributed by atoms with Crippen LogP contribution in [0, 0.1) is 0 Å². The second-order valence-electron chi connectivity index (χ2n) is 6.94. The number of carbonyl (C=O) groups excluding carboxylic acids is 2. The summed E-state index contributed by atoms with van der Waals surface area (Å²) in [4.78, 5) is 24.9. The number of ether oxygens (including phenoxy) is 3. The predicted octanol–water partition coefficient (Wildman–Crippen LogP) is 2.24. The fourth-order valence-electron chi connectivity index (χ4n) is 3.50.